The van der Waals surface area contributed by atoms with E-state index in [0.717, 1.165) is 17.3 Å². The van der Waals surface area contributed by atoms with Crippen LogP contribution in [0, 0.1) is 5.82 Å². The molecule has 0 aliphatic carbocycles. The third-order valence-corrected chi connectivity index (χ3v) is 6.95. The average Bonchev–Trinajstić information content (AvgIpc) is 3.35. The quantitative estimate of drug-likeness (QED) is 0.432. The third kappa shape index (κ3) is 4.24. The summed E-state index contributed by atoms with van der Waals surface area (Å²) in [5, 5.41) is 6.41. The van der Waals surface area contributed by atoms with Crippen LogP contribution in [0.5, 0.6) is 11.5 Å². The van der Waals surface area contributed by atoms with Gasteiger partial charge in [0.1, 0.15) is 10.7 Å². The molecule has 2 aromatic heterocycles. The molecule has 0 atom stereocenters. The molecular formula is C20H19FN4O4S2. The maximum atomic E-state index is 13.8. The Labute approximate surface area is 182 Å². The molecule has 0 fully saturated rings. The van der Waals surface area contributed by atoms with E-state index in [0.29, 0.717) is 28.7 Å². The highest BCUT2D eigenvalue weighted by Gasteiger charge is 2.19. The van der Waals surface area contributed by atoms with Crippen molar-refractivity contribution in [3.8, 4) is 22.9 Å². The zero-order valence-corrected chi connectivity index (χ0v) is 18.3. The molecule has 0 radical (unpaired) electrons. The molecule has 0 aliphatic heterocycles. The number of sulfonamides is 1. The van der Waals surface area contributed by atoms with E-state index >= 15 is 0 Å². The first kappa shape index (κ1) is 21.2. The number of ether oxygens (including phenoxy) is 2. The van der Waals surface area contributed by atoms with Crippen LogP contribution < -0.4 is 14.2 Å². The van der Waals surface area contributed by atoms with Crippen LogP contribution in [0.3, 0.4) is 0 Å². The van der Waals surface area contributed by atoms with Crippen molar-refractivity contribution in [2.75, 3.05) is 20.8 Å². The number of benzene rings is 2. The van der Waals surface area contributed by atoms with Crippen LogP contribution in [-0.4, -0.2) is 43.8 Å². The molecule has 0 unspecified atom stereocenters. The van der Waals surface area contributed by atoms with Gasteiger partial charge in [-0.25, -0.2) is 22.0 Å². The lowest BCUT2D eigenvalue weighted by atomic mass is 10.2. The molecule has 0 aliphatic rings. The van der Waals surface area contributed by atoms with E-state index in [4.69, 9.17) is 9.47 Å². The molecule has 0 spiro atoms. The Morgan fingerprint density at radius 2 is 1.90 bits per heavy atom. The zero-order valence-electron chi connectivity index (χ0n) is 16.7. The Hall–Kier alpha value is -3.02. The van der Waals surface area contributed by atoms with Gasteiger partial charge in [-0.3, -0.25) is 0 Å². The van der Waals surface area contributed by atoms with Crippen LogP contribution in [0.15, 0.2) is 52.7 Å². The van der Waals surface area contributed by atoms with Crippen LogP contribution in [0.4, 0.5) is 4.39 Å². The standard InChI is InChI=1S/C20H19FN4O4S2/c1-28-16-8-7-13(11-17(16)29-2)19-23-20-25(24-19)14(12-30-20)9-10-22-31(26,27)18-6-4-3-5-15(18)21/h3-8,11-12,22H,9-10H2,1-2H3. The van der Waals surface area contributed by atoms with Gasteiger partial charge in [-0.2, -0.15) is 4.98 Å². The minimum Gasteiger partial charge on any atom is -0.493 e. The number of methoxy groups -OCH3 is 2. The Morgan fingerprint density at radius 1 is 1.13 bits per heavy atom. The van der Waals surface area contributed by atoms with Gasteiger partial charge in [-0.05, 0) is 30.3 Å². The summed E-state index contributed by atoms with van der Waals surface area (Å²) in [5.41, 5.74) is 1.55. The van der Waals surface area contributed by atoms with E-state index in [1.807, 2.05) is 11.4 Å². The van der Waals surface area contributed by atoms with Gasteiger partial charge >= 0.3 is 0 Å². The number of aromatic nitrogens is 3. The van der Waals surface area contributed by atoms with Gasteiger partial charge < -0.3 is 9.47 Å². The van der Waals surface area contributed by atoms with Crippen LogP contribution in [-0.2, 0) is 16.4 Å². The van der Waals surface area contributed by atoms with Crippen LogP contribution in [0.1, 0.15) is 5.69 Å². The lowest BCUT2D eigenvalue weighted by molar-refractivity contribution is 0.355. The maximum Gasteiger partial charge on any atom is 0.243 e. The van der Waals surface area contributed by atoms with Crippen molar-refractivity contribution in [3.63, 3.8) is 0 Å². The smallest absolute Gasteiger partial charge is 0.243 e. The summed E-state index contributed by atoms with van der Waals surface area (Å²) >= 11 is 1.40. The summed E-state index contributed by atoms with van der Waals surface area (Å²) < 4.78 is 53.2. The van der Waals surface area contributed by atoms with Crippen LogP contribution >= 0.6 is 11.3 Å². The van der Waals surface area contributed by atoms with Gasteiger partial charge in [0, 0.05) is 23.9 Å². The molecular weight excluding hydrogens is 443 g/mol. The number of halogens is 1. The molecule has 2 aromatic carbocycles. The Morgan fingerprint density at radius 3 is 2.65 bits per heavy atom. The maximum absolute atomic E-state index is 13.8. The van der Waals surface area contributed by atoms with Crippen molar-refractivity contribution in [2.24, 2.45) is 0 Å². The summed E-state index contributed by atoms with van der Waals surface area (Å²) in [6.45, 7) is 0.0913. The molecule has 4 aromatic rings. The van der Waals surface area contributed by atoms with Gasteiger partial charge in [-0.15, -0.1) is 16.4 Å². The van der Waals surface area contributed by atoms with E-state index in [1.54, 1.807) is 30.9 Å². The minimum atomic E-state index is -3.94. The molecule has 162 valence electrons. The number of thiazole rings is 1. The fourth-order valence-corrected chi connectivity index (χ4v) is 5.01. The van der Waals surface area contributed by atoms with Crippen molar-refractivity contribution in [1.82, 2.24) is 19.3 Å². The highest BCUT2D eigenvalue weighted by atomic mass is 32.2. The number of hydrogen-bond donors (Lipinski definition) is 1. The summed E-state index contributed by atoms with van der Waals surface area (Å²) in [7, 11) is -0.821. The van der Waals surface area contributed by atoms with E-state index in [9.17, 15) is 12.8 Å². The monoisotopic (exact) mass is 462 g/mol. The first-order valence-electron chi connectivity index (χ1n) is 9.22. The van der Waals surface area contributed by atoms with Gasteiger partial charge in [0.25, 0.3) is 0 Å². The molecule has 0 amide bonds. The SMILES string of the molecule is COc1ccc(-c2nc3scc(CCNS(=O)(=O)c4ccccc4F)n3n2)cc1OC. The second-order valence-electron chi connectivity index (χ2n) is 6.50. The molecule has 31 heavy (non-hydrogen) atoms. The fraction of sp³-hybridized carbons (Fsp3) is 0.200. The van der Waals surface area contributed by atoms with E-state index in [-0.39, 0.29) is 11.4 Å². The van der Waals surface area contributed by atoms with Gasteiger partial charge in [0.15, 0.2) is 17.3 Å². The molecule has 2 heterocycles. The van der Waals surface area contributed by atoms with Crippen molar-refractivity contribution in [1.29, 1.82) is 0 Å². The summed E-state index contributed by atoms with van der Waals surface area (Å²) in [4.78, 5) is 4.84. The fourth-order valence-electron chi connectivity index (χ4n) is 3.05. The van der Waals surface area contributed by atoms with Crippen LogP contribution in [0.2, 0.25) is 0 Å². The third-order valence-electron chi connectivity index (χ3n) is 4.59. The van der Waals surface area contributed by atoms with Crippen LogP contribution in [0.25, 0.3) is 16.3 Å². The second kappa shape index (κ2) is 8.61. The van der Waals surface area contributed by atoms with Crippen molar-refractivity contribution in [3.05, 3.63) is 59.4 Å². The first-order valence-corrected chi connectivity index (χ1v) is 11.6. The predicted octanol–water partition coefficient (Wildman–Crippen LogP) is 3.14. The summed E-state index contributed by atoms with van der Waals surface area (Å²) in [5.74, 6) is 0.903. The van der Waals surface area contributed by atoms with E-state index < -0.39 is 15.8 Å². The molecule has 0 saturated heterocycles. The van der Waals surface area contributed by atoms with Crippen molar-refractivity contribution in [2.45, 2.75) is 11.3 Å². The molecule has 4 rings (SSSR count). The summed E-state index contributed by atoms with van der Waals surface area (Å²) in [6, 6.07) is 10.7. The lowest BCUT2D eigenvalue weighted by Gasteiger charge is -2.08. The average molecular weight is 463 g/mol. The Balaban J connectivity index is 1.52. The lowest BCUT2D eigenvalue weighted by Crippen LogP contribution is -2.27. The normalized spacial score (nSPS) is 11.7. The van der Waals surface area contributed by atoms with Gasteiger partial charge in [0.05, 0.1) is 19.9 Å². The number of nitrogens with zero attached hydrogens (tertiary/aromatic N) is 3. The van der Waals surface area contributed by atoms with E-state index in [1.165, 1.54) is 29.5 Å². The first-order chi connectivity index (χ1) is 14.9. The predicted molar refractivity (Wildman–Crippen MR) is 115 cm³/mol. The summed E-state index contributed by atoms with van der Waals surface area (Å²) in [6.07, 6.45) is 0.364. The van der Waals surface area contributed by atoms with Gasteiger partial charge in [0.2, 0.25) is 15.0 Å². The number of fused-ring (bicyclic) bond motifs is 1. The highest BCUT2D eigenvalue weighted by Crippen LogP contribution is 2.31. The number of hydrogen-bond acceptors (Lipinski definition) is 7. The largest absolute Gasteiger partial charge is 0.493 e. The molecule has 1 N–H and O–H groups in total. The van der Waals surface area contributed by atoms with Crippen molar-refractivity contribution >= 4 is 26.3 Å². The minimum absolute atomic E-state index is 0.0913. The molecule has 8 nitrogen and oxygen atoms in total. The molecule has 0 saturated carbocycles. The Bertz CT molecular complexity index is 1330. The Kier molecular flexibility index (Phi) is 5.90. The number of nitrogens with one attached hydrogen (secondary N) is 1. The van der Waals surface area contributed by atoms with E-state index in [2.05, 4.69) is 14.8 Å². The molecule has 0 bridgehead atoms. The zero-order chi connectivity index (χ0) is 22.0. The number of rotatable bonds is 8. The topological polar surface area (TPSA) is 94.8 Å². The molecule has 11 heteroatoms. The van der Waals surface area contributed by atoms with Gasteiger partial charge in [-0.1, -0.05) is 12.1 Å². The van der Waals surface area contributed by atoms with Crippen molar-refractivity contribution < 1.29 is 22.3 Å². The second-order valence-corrected chi connectivity index (χ2v) is 9.08. The highest BCUT2D eigenvalue weighted by molar-refractivity contribution is 7.89.